The van der Waals surface area contributed by atoms with Gasteiger partial charge in [-0.3, -0.25) is 4.79 Å². The first-order valence-corrected chi connectivity index (χ1v) is 6.57. The molecule has 1 atom stereocenters. The number of carboxylic acids is 1. The lowest BCUT2D eigenvalue weighted by molar-refractivity contribution is -0.117. The van der Waals surface area contributed by atoms with Crippen molar-refractivity contribution >= 4 is 40.2 Å². The number of anilines is 1. The lowest BCUT2D eigenvalue weighted by Gasteiger charge is -2.20. The largest absolute Gasteiger partial charge is 0.478 e. The maximum absolute atomic E-state index is 12.0. The van der Waals surface area contributed by atoms with Crippen molar-refractivity contribution in [2.75, 3.05) is 11.4 Å². The van der Waals surface area contributed by atoms with E-state index < -0.39 is 5.97 Å². The van der Waals surface area contributed by atoms with Gasteiger partial charge in [0.15, 0.2) is 0 Å². The Labute approximate surface area is 118 Å². The summed E-state index contributed by atoms with van der Waals surface area (Å²) in [6.45, 7) is 4.19. The Morgan fingerprint density at radius 1 is 1.56 bits per heavy atom. The fourth-order valence-corrected chi connectivity index (χ4v) is 2.86. The van der Waals surface area contributed by atoms with Crippen LogP contribution in [0.4, 0.5) is 5.69 Å². The van der Waals surface area contributed by atoms with Crippen LogP contribution >= 0.6 is 22.6 Å². The molecule has 0 spiro atoms. The van der Waals surface area contributed by atoms with E-state index >= 15 is 0 Å². The van der Waals surface area contributed by atoms with Gasteiger partial charge in [0.1, 0.15) is 0 Å². The first-order chi connectivity index (χ1) is 8.54. The summed E-state index contributed by atoms with van der Waals surface area (Å²) in [4.78, 5) is 24.7. The molecule has 5 heteroatoms. The van der Waals surface area contributed by atoms with E-state index in [1.54, 1.807) is 23.1 Å². The Morgan fingerprint density at radius 2 is 2.28 bits per heavy atom. The third-order valence-corrected chi connectivity index (χ3v) is 3.85. The number of benzene rings is 1. The molecule has 1 heterocycles. The number of para-hydroxylation sites is 1. The average Bonchev–Trinajstić information content (AvgIpc) is 2.70. The standard InChI is InChI=1S/C13H12INO3/c1-2-8-6-11(16)15(7-8)12-9(13(17)18)4-3-5-10(12)14/h2-5,8H,1,6-7H2,(H,17,18). The van der Waals surface area contributed by atoms with E-state index in [4.69, 9.17) is 0 Å². The summed E-state index contributed by atoms with van der Waals surface area (Å²) in [5, 5.41) is 9.20. The Kier molecular flexibility index (Phi) is 3.70. The average molecular weight is 357 g/mol. The fraction of sp³-hybridized carbons (Fsp3) is 0.231. The van der Waals surface area contributed by atoms with Crippen LogP contribution in [-0.4, -0.2) is 23.5 Å². The highest BCUT2D eigenvalue weighted by Crippen LogP contribution is 2.32. The molecule has 94 valence electrons. The Morgan fingerprint density at radius 3 is 2.83 bits per heavy atom. The molecule has 0 bridgehead atoms. The molecule has 0 aromatic heterocycles. The molecule has 1 aromatic rings. The van der Waals surface area contributed by atoms with Gasteiger partial charge in [-0.25, -0.2) is 4.79 Å². The van der Waals surface area contributed by atoms with Crippen molar-refractivity contribution in [1.29, 1.82) is 0 Å². The summed E-state index contributed by atoms with van der Waals surface area (Å²) in [6, 6.07) is 5.01. The van der Waals surface area contributed by atoms with Crippen LogP contribution in [0.3, 0.4) is 0 Å². The van der Waals surface area contributed by atoms with Crippen molar-refractivity contribution in [3.8, 4) is 0 Å². The lowest BCUT2D eigenvalue weighted by atomic mass is 10.1. The van der Waals surface area contributed by atoms with Gasteiger partial charge in [0.25, 0.3) is 0 Å². The number of amides is 1. The van der Waals surface area contributed by atoms with E-state index in [2.05, 4.69) is 29.2 Å². The van der Waals surface area contributed by atoms with Gasteiger partial charge in [-0.15, -0.1) is 6.58 Å². The minimum Gasteiger partial charge on any atom is -0.478 e. The van der Waals surface area contributed by atoms with E-state index in [0.717, 1.165) is 3.57 Å². The predicted octanol–water partition coefficient (Wildman–Crippen LogP) is 2.53. The smallest absolute Gasteiger partial charge is 0.337 e. The molecule has 1 aliphatic rings. The Hall–Kier alpha value is -1.37. The molecule has 1 unspecified atom stereocenters. The van der Waals surface area contributed by atoms with Crippen LogP contribution in [0.2, 0.25) is 0 Å². The minimum atomic E-state index is -1.02. The summed E-state index contributed by atoms with van der Waals surface area (Å²) >= 11 is 2.06. The summed E-state index contributed by atoms with van der Waals surface area (Å²) in [7, 11) is 0. The molecule has 1 N–H and O–H groups in total. The second-order valence-electron chi connectivity index (χ2n) is 4.15. The number of carbonyl (C=O) groups is 2. The van der Waals surface area contributed by atoms with Crippen LogP contribution in [0.5, 0.6) is 0 Å². The predicted molar refractivity (Wildman–Crippen MR) is 76.8 cm³/mol. The topological polar surface area (TPSA) is 57.6 Å². The number of hydrogen-bond donors (Lipinski definition) is 1. The number of hydrogen-bond acceptors (Lipinski definition) is 2. The third kappa shape index (κ3) is 2.27. The van der Waals surface area contributed by atoms with Crippen LogP contribution in [-0.2, 0) is 4.79 Å². The highest BCUT2D eigenvalue weighted by atomic mass is 127. The summed E-state index contributed by atoms with van der Waals surface area (Å²) in [6.07, 6.45) is 2.14. The number of aromatic carboxylic acids is 1. The second kappa shape index (κ2) is 5.09. The first-order valence-electron chi connectivity index (χ1n) is 5.49. The van der Waals surface area contributed by atoms with Crippen LogP contribution in [0.1, 0.15) is 16.8 Å². The molecular formula is C13H12INO3. The number of carboxylic acid groups (broad SMARTS) is 1. The molecular weight excluding hydrogens is 345 g/mol. The maximum Gasteiger partial charge on any atom is 0.337 e. The molecule has 1 amide bonds. The Bertz CT molecular complexity index is 527. The van der Waals surface area contributed by atoms with E-state index in [0.29, 0.717) is 18.7 Å². The zero-order valence-corrected chi connectivity index (χ0v) is 11.8. The monoisotopic (exact) mass is 357 g/mol. The number of nitrogens with zero attached hydrogens (tertiary/aromatic N) is 1. The molecule has 1 saturated heterocycles. The van der Waals surface area contributed by atoms with Crippen molar-refractivity contribution in [1.82, 2.24) is 0 Å². The summed E-state index contributed by atoms with van der Waals surface area (Å²) in [5.41, 5.74) is 0.667. The molecule has 18 heavy (non-hydrogen) atoms. The molecule has 0 saturated carbocycles. The summed E-state index contributed by atoms with van der Waals surface area (Å²) in [5.74, 6) is -0.972. The number of rotatable bonds is 3. The SMILES string of the molecule is C=CC1CC(=O)N(c2c(I)cccc2C(=O)O)C1. The van der Waals surface area contributed by atoms with Crippen molar-refractivity contribution in [3.05, 3.63) is 40.0 Å². The van der Waals surface area contributed by atoms with Crippen LogP contribution < -0.4 is 4.90 Å². The van der Waals surface area contributed by atoms with Crippen LogP contribution in [0.15, 0.2) is 30.9 Å². The first kappa shape index (κ1) is 13.1. The molecule has 0 radical (unpaired) electrons. The van der Waals surface area contributed by atoms with Gasteiger partial charge in [0.05, 0.1) is 11.3 Å². The third-order valence-electron chi connectivity index (χ3n) is 2.98. The van der Waals surface area contributed by atoms with Gasteiger partial charge in [0, 0.05) is 22.5 Å². The van der Waals surface area contributed by atoms with E-state index in [1.807, 2.05) is 0 Å². The lowest BCUT2D eigenvalue weighted by Crippen LogP contribution is -2.27. The molecule has 2 rings (SSSR count). The molecule has 1 aliphatic heterocycles. The van der Waals surface area contributed by atoms with Crippen molar-refractivity contribution in [2.24, 2.45) is 5.92 Å². The van der Waals surface area contributed by atoms with Gasteiger partial charge in [-0.2, -0.15) is 0 Å². The van der Waals surface area contributed by atoms with Crippen LogP contribution in [0.25, 0.3) is 0 Å². The molecule has 1 aromatic carbocycles. The van der Waals surface area contributed by atoms with Gasteiger partial charge in [-0.05, 0) is 34.7 Å². The Balaban J connectivity index is 2.48. The van der Waals surface area contributed by atoms with Crippen LogP contribution in [0, 0.1) is 9.49 Å². The minimum absolute atomic E-state index is 0.0495. The molecule has 0 aliphatic carbocycles. The highest BCUT2D eigenvalue weighted by molar-refractivity contribution is 14.1. The zero-order chi connectivity index (χ0) is 13.3. The van der Waals surface area contributed by atoms with E-state index in [9.17, 15) is 14.7 Å². The normalized spacial score (nSPS) is 19.1. The quantitative estimate of drug-likeness (QED) is 0.668. The van der Waals surface area contributed by atoms with Gasteiger partial charge in [-0.1, -0.05) is 12.1 Å². The van der Waals surface area contributed by atoms with Crippen molar-refractivity contribution in [2.45, 2.75) is 6.42 Å². The molecule has 1 fully saturated rings. The van der Waals surface area contributed by atoms with E-state index in [1.165, 1.54) is 6.07 Å². The van der Waals surface area contributed by atoms with Gasteiger partial charge >= 0.3 is 5.97 Å². The summed E-state index contributed by atoms with van der Waals surface area (Å²) < 4.78 is 0.769. The number of carbonyl (C=O) groups excluding carboxylic acids is 1. The van der Waals surface area contributed by atoms with Crippen molar-refractivity contribution < 1.29 is 14.7 Å². The van der Waals surface area contributed by atoms with E-state index in [-0.39, 0.29) is 17.4 Å². The second-order valence-corrected chi connectivity index (χ2v) is 5.31. The van der Waals surface area contributed by atoms with Crippen molar-refractivity contribution in [3.63, 3.8) is 0 Å². The highest BCUT2D eigenvalue weighted by Gasteiger charge is 2.32. The van der Waals surface area contributed by atoms with Gasteiger partial charge < -0.3 is 10.0 Å². The fourth-order valence-electron chi connectivity index (χ4n) is 2.07. The van der Waals surface area contributed by atoms with Gasteiger partial charge in [0.2, 0.25) is 5.91 Å². The molecule has 4 nitrogen and oxygen atoms in total. The maximum atomic E-state index is 12.0. The zero-order valence-electron chi connectivity index (χ0n) is 9.60. The number of halogens is 1.